The summed E-state index contributed by atoms with van der Waals surface area (Å²) in [6.45, 7) is 7.73. The fourth-order valence-electron chi connectivity index (χ4n) is 5.47. The van der Waals surface area contributed by atoms with E-state index in [1.54, 1.807) is 0 Å². The lowest BCUT2D eigenvalue weighted by Gasteiger charge is -2.36. The zero-order valence-electron chi connectivity index (χ0n) is 17.4. The fourth-order valence-corrected chi connectivity index (χ4v) is 5.47. The number of hydrazine groups is 1. The smallest absolute Gasteiger partial charge is 0.249 e. The molecule has 1 aromatic rings. The molecule has 0 aromatic heterocycles. The Balaban J connectivity index is 1.06. The fraction of sp³-hybridized carbons (Fsp3) is 0.636. The van der Waals surface area contributed by atoms with Gasteiger partial charge in [-0.2, -0.15) is 0 Å². The second-order valence-corrected chi connectivity index (χ2v) is 9.26. The molecule has 4 N–H and O–H groups in total. The third-order valence-electron chi connectivity index (χ3n) is 7.36. The van der Waals surface area contributed by atoms with Crippen molar-refractivity contribution in [1.29, 1.82) is 0 Å². The Morgan fingerprint density at radius 3 is 2.40 bits per heavy atom. The van der Waals surface area contributed by atoms with Crippen LogP contribution in [0.25, 0.3) is 0 Å². The molecular weight excluding hydrogens is 380 g/mol. The Morgan fingerprint density at radius 2 is 1.73 bits per heavy atom. The van der Waals surface area contributed by atoms with Crippen molar-refractivity contribution in [3.8, 4) is 0 Å². The van der Waals surface area contributed by atoms with Gasteiger partial charge < -0.3 is 10.2 Å². The number of anilines is 2. The SMILES string of the molecule is NN1C[C@@H]2C(CCN3CCN(c4ccc(NC5CCC(=O)NC5=O)cc4)CC3)[C@@H]2C1. The zero-order valence-corrected chi connectivity index (χ0v) is 17.4. The van der Waals surface area contributed by atoms with Crippen LogP contribution < -0.4 is 21.4 Å². The van der Waals surface area contributed by atoms with Crippen molar-refractivity contribution in [2.45, 2.75) is 25.3 Å². The highest BCUT2D eigenvalue weighted by atomic mass is 16.2. The predicted octanol–water partition coefficient (Wildman–Crippen LogP) is 0.467. The largest absolute Gasteiger partial charge is 0.374 e. The van der Waals surface area contributed by atoms with E-state index in [0.717, 1.165) is 62.7 Å². The predicted molar refractivity (Wildman–Crippen MR) is 116 cm³/mol. The quantitative estimate of drug-likeness (QED) is 0.462. The summed E-state index contributed by atoms with van der Waals surface area (Å²) in [5, 5.41) is 7.61. The van der Waals surface area contributed by atoms with Crippen LogP contribution >= 0.6 is 0 Å². The molecule has 4 fully saturated rings. The minimum atomic E-state index is -0.337. The van der Waals surface area contributed by atoms with E-state index in [9.17, 15) is 9.59 Å². The molecule has 0 bridgehead atoms. The van der Waals surface area contributed by atoms with E-state index < -0.39 is 0 Å². The van der Waals surface area contributed by atoms with Gasteiger partial charge in [-0.1, -0.05) is 0 Å². The van der Waals surface area contributed by atoms with Gasteiger partial charge in [0, 0.05) is 57.1 Å². The van der Waals surface area contributed by atoms with E-state index in [4.69, 9.17) is 5.84 Å². The van der Waals surface area contributed by atoms with Gasteiger partial charge in [-0.25, -0.2) is 5.01 Å². The van der Waals surface area contributed by atoms with Gasteiger partial charge in [0.2, 0.25) is 11.8 Å². The lowest BCUT2D eigenvalue weighted by molar-refractivity contribution is -0.133. The number of hydrogen-bond acceptors (Lipinski definition) is 7. The minimum Gasteiger partial charge on any atom is -0.374 e. The molecule has 162 valence electrons. The number of fused-ring (bicyclic) bond motifs is 1. The molecule has 1 aromatic carbocycles. The molecule has 2 unspecified atom stereocenters. The second kappa shape index (κ2) is 8.17. The summed E-state index contributed by atoms with van der Waals surface area (Å²) in [4.78, 5) is 28.2. The average molecular weight is 413 g/mol. The first-order valence-corrected chi connectivity index (χ1v) is 11.2. The summed E-state index contributed by atoms with van der Waals surface area (Å²) < 4.78 is 0. The Morgan fingerprint density at radius 1 is 1.03 bits per heavy atom. The van der Waals surface area contributed by atoms with Crippen molar-refractivity contribution in [3.63, 3.8) is 0 Å². The maximum absolute atomic E-state index is 11.9. The van der Waals surface area contributed by atoms with E-state index in [1.807, 2.05) is 17.1 Å². The Labute approximate surface area is 177 Å². The van der Waals surface area contributed by atoms with Gasteiger partial charge in [0.1, 0.15) is 6.04 Å². The van der Waals surface area contributed by atoms with Gasteiger partial charge in [-0.15, -0.1) is 0 Å². The number of nitrogens with zero attached hydrogens (tertiary/aromatic N) is 3. The standard InChI is InChI=1S/C22H32N6O2/c23-28-13-18-17(19(18)14-28)7-8-26-9-11-27(12-10-26)16-3-1-15(2-4-16)24-20-5-6-21(29)25-22(20)30/h1-4,17-20,24H,5-14,23H2,(H,25,29,30)/t17?,18-,19+,20?. The highest BCUT2D eigenvalue weighted by Gasteiger charge is 2.54. The molecule has 8 nitrogen and oxygen atoms in total. The first-order valence-electron chi connectivity index (χ1n) is 11.2. The first-order chi connectivity index (χ1) is 14.6. The number of carbonyl (C=O) groups is 2. The highest BCUT2D eigenvalue weighted by Crippen LogP contribution is 2.52. The molecule has 30 heavy (non-hydrogen) atoms. The number of nitrogens with two attached hydrogens (primary N) is 1. The van der Waals surface area contributed by atoms with Crippen LogP contribution in [-0.4, -0.2) is 73.6 Å². The monoisotopic (exact) mass is 412 g/mol. The van der Waals surface area contributed by atoms with Crippen molar-refractivity contribution >= 4 is 23.2 Å². The highest BCUT2D eigenvalue weighted by molar-refractivity contribution is 6.01. The molecule has 4 aliphatic rings. The lowest BCUT2D eigenvalue weighted by atomic mass is 10.1. The van der Waals surface area contributed by atoms with E-state index in [-0.39, 0.29) is 17.9 Å². The maximum Gasteiger partial charge on any atom is 0.249 e. The summed E-state index contributed by atoms with van der Waals surface area (Å²) in [6, 6.07) is 7.95. The average Bonchev–Trinajstić information content (AvgIpc) is 3.21. The number of piperazine rings is 1. The first kappa shape index (κ1) is 19.8. The van der Waals surface area contributed by atoms with Crippen molar-refractivity contribution in [2.75, 3.05) is 56.0 Å². The molecule has 5 rings (SSSR count). The molecule has 8 heteroatoms. The molecular formula is C22H32N6O2. The van der Waals surface area contributed by atoms with Crippen LogP contribution in [-0.2, 0) is 9.59 Å². The van der Waals surface area contributed by atoms with Gasteiger partial charge >= 0.3 is 0 Å². The Kier molecular flexibility index (Phi) is 5.39. The van der Waals surface area contributed by atoms with Gasteiger partial charge in [-0.05, 0) is 61.4 Å². The molecule has 3 heterocycles. The van der Waals surface area contributed by atoms with E-state index in [2.05, 4.69) is 32.6 Å². The second-order valence-electron chi connectivity index (χ2n) is 9.26. The normalized spacial score (nSPS) is 32.1. The summed E-state index contributed by atoms with van der Waals surface area (Å²) in [7, 11) is 0. The third kappa shape index (κ3) is 4.17. The number of benzene rings is 1. The molecule has 3 aliphatic heterocycles. The van der Waals surface area contributed by atoms with Crippen LogP contribution in [0.15, 0.2) is 24.3 Å². The Hall–Kier alpha value is -2.16. The molecule has 1 aliphatic carbocycles. The van der Waals surface area contributed by atoms with Crippen LogP contribution in [0, 0.1) is 17.8 Å². The molecule has 3 saturated heterocycles. The van der Waals surface area contributed by atoms with Crippen molar-refractivity contribution in [3.05, 3.63) is 24.3 Å². The summed E-state index contributed by atoms with van der Waals surface area (Å²) in [5.41, 5.74) is 2.14. The van der Waals surface area contributed by atoms with Gasteiger partial charge in [0.25, 0.3) is 0 Å². The minimum absolute atomic E-state index is 0.185. The number of nitrogens with one attached hydrogen (secondary N) is 2. The van der Waals surface area contributed by atoms with Crippen molar-refractivity contribution < 1.29 is 9.59 Å². The molecule has 2 amide bonds. The van der Waals surface area contributed by atoms with Crippen molar-refractivity contribution in [2.24, 2.45) is 23.6 Å². The molecule has 0 spiro atoms. The summed E-state index contributed by atoms with van der Waals surface area (Å²) >= 11 is 0. The number of carbonyl (C=O) groups excluding carboxylic acids is 2. The van der Waals surface area contributed by atoms with Crippen LogP contribution in [0.2, 0.25) is 0 Å². The molecule has 0 radical (unpaired) electrons. The zero-order chi connectivity index (χ0) is 20.7. The number of rotatable bonds is 6. The van der Waals surface area contributed by atoms with Crippen LogP contribution in [0.4, 0.5) is 11.4 Å². The number of imide groups is 1. The Bertz CT molecular complexity index is 779. The third-order valence-corrected chi connectivity index (χ3v) is 7.36. The topological polar surface area (TPSA) is 93.9 Å². The summed E-state index contributed by atoms with van der Waals surface area (Å²) in [5.74, 6) is 8.10. The number of piperidine rings is 2. The maximum atomic E-state index is 11.9. The number of amides is 2. The number of hydrogen-bond donors (Lipinski definition) is 3. The van der Waals surface area contributed by atoms with Crippen molar-refractivity contribution in [1.82, 2.24) is 15.2 Å². The van der Waals surface area contributed by atoms with Gasteiger partial charge in [-0.3, -0.25) is 25.6 Å². The molecule has 1 saturated carbocycles. The van der Waals surface area contributed by atoms with Gasteiger partial charge in [0.15, 0.2) is 0 Å². The van der Waals surface area contributed by atoms with E-state index >= 15 is 0 Å². The van der Waals surface area contributed by atoms with Gasteiger partial charge in [0.05, 0.1) is 0 Å². The van der Waals surface area contributed by atoms with E-state index in [1.165, 1.54) is 18.7 Å². The summed E-state index contributed by atoms with van der Waals surface area (Å²) in [6.07, 6.45) is 2.25. The molecule has 4 atom stereocenters. The lowest BCUT2D eigenvalue weighted by Crippen LogP contribution is -2.47. The van der Waals surface area contributed by atoms with Crippen LogP contribution in [0.5, 0.6) is 0 Å². The van der Waals surface area contributed by atoms with E-state index in [0.29, 0.717) is 12.8 Å². The van der Waals surface area contributed by atoms with Crippen LogP contribution in [0.1, 0.15) is 19.3 Å². The van der Waals surface area contributed by atoms with Crippen LogP contribution in [0.3, 0.4) is 0 Å².